The van der Waals surface area contributed by atoms with Crippen LogP contribution >= 0.6 is 11.6 Å². The molecule has 5 aromatic rings. The predicted molar refractivity (Wildman–Crippen MR) is 109 cm³/mol. The highest BCUT2D eigenvalue weighted by molar-refractivity contribution is 6.29. The minimum Gasteiger partial charge on any atom is -0.402 e. The Labute approximate surface area is 175 Å². The first-order valence-corrected chi connectivity index (χ1v) is 9.83. The van der Waals surface area contributed by atoms with Gasteiger partial charge in [-0.25, -0.2) is 9.50 Å². The van der Waals surface area contributed by atoms with Gasteiger partial charge in [0.2, 0.25) is 0 Å². The summed E-state index contributed by atoms with van der Waals surface area (Å²) in [6.07, 6.45) is 4.18. The highest BCUT2D eigenvalue weighted by atomic mass is 35.5. The van der Waals surface area contributed by atoms with Crippen LogP contribution in [0.15, 0.2) is 59.4 Å². The summed E-state index contributed by atoms with van der Waals surface area (Å²) in [6.45, 7) is 0.672. The van der Waals surface area contributed by atoms with Gasteiger partial charge in [-0.05, 0) is 30.3 Å². The summed E-state index contributed by atoms with van der Waals surface area (Å²) in [5.41, 5.74) is 4.29. The molecule has 6 rings (SSSR count). The molecule has 0 saturated carbocycles. The van der Waals surface area contributed by atoms with Crippen LogP contribution in [0.3, 0.4) is 0 Å². The van der Waals surface area contributed by atoms with E-state index in [-0.39, 0.29) is 6.04 Å². The number of rotatable bonds is 3. The molecule has 1 aliphatic heterocycles. The summed E-state index contributed by atoms with van der Waals surface area (Å²) in [6, 6.07) is 13.4. The Balaban J connectivity index is 1.46. The molecule has 0 amide bonds. The third-order valence-corrected chi connectivity index (χ3v) is 5.49. The Bertz CT molecular complexity index is 1340. The van der Waals surface area contributed by atoms with Gasteiger partial charge in [-0.15, -0.1) is 5.10 Å². The number of aromatic nitrogens is 7. The second-order valence-corrected chi connectivity index (χ2v) is 7.36. The normalized spacial score (nSPS) is 16.2. The van der Waals surface area contributed by atoms with Crippen LogP contribution in [-0.4, -0.2) is 41.3 Å². The standard InChI is InChI=1S/C20H15ClN8O/c21-16-6-3-4-12-10-15(27-29(12)16)18-17-13(23-11-24-17)7-9-28(18)20-26-25-19(30-20)14-5-1-2-8-22-14/h1-6,8,10-11,18H,7,9H2,(H,23,24). The molecule has 0 aromatic carbocycles. The lowest BCUT2D eigenvalue weighted by Gasteiger charge is -2.32. The van der Waals surface area contributed by atoms with Crippen LogP contribution < -0.4 is 4.90 Å². The van der Waals surface area contributed by atoms with Gasteiger partial charge in [0.15, 0.2) is 0 Å². The first-order valence-electron chi connectivity index (χ1n) is 9.46. The molecule has 148 valence electrons. The van der Waals surface area contributed by atoms with Crippen molar-refractivity contribution in [1.29, 1.82) is 0 Å². The fourth-order valence-electron chi connectivity index (χ4n) is 3.84. The molecular weight excluding hydrogens is 404 g/mol. The number of pyridine rings is 2. The number of nitrogens with zero attached hydrogens (tertiary/aromatic N) is 7. The molecule has 1 unspecified atom stereocenters. The van der Waals surface area contributed by atoms with E-state index in [1.807, 2.05) is 41.3 Å². The predicted octanol–water partition coefficient (Wildman–Crippen LogP) is 3.31. The van der Waals surface area contributed by atoms with Gasteiger partial charge in [0, 0.05) is 24.9 Å². The summed E-state index contributed by atoms with van der Waals surface area (Å²) in [7, 11) is 0. The van der Waals surface area contributed by atoms with Gasteiger partial charge >= 0.3 is 6.01 Å². The van der Waals surface area contributed by atoms with E-state index in [0.29, 0.717) is 29.3 Å². The van der Waals surface area contributed by atoms with E-state index in [1.54, 1.807) is 23.1 Å². The number of halogens is 1. The third-order valence-electron chi connectivity index (χ3n) is 5.21. The smallest absolute Gasteiger partial charge is 0.319 e. The van der Waals surface area contributed by atoms with Crippen LogP contribution in [0, 0.1) is 0 Å². The first kappa shape index (κ1) is 17.2. The number of hydrogen-bond acceptors (Lipinski definition) is 7. The molecule has 5 aromatic heterocycles. The molecule has 0 aliphatic carbocycles. The van der Waals surface area contributed by atoms with Gasteiger partial charge in [-0.1, -0.05) is 28.8 Å². The Morgan fingerprint density at radius 3 is 2.93 bits per heavy atom. The molecule has 9 nitrogen and oxygen atoms in total. The molecule has 0 fully saturated rings. The van der Waals surface area contributed by atoms with E-state index >= 15 is 0 Å². The maximum Gasteiger partial charge on any atom is 0.319 e. The Hall–Kier alpha value is -3.72. The molecule has 1 N–H and O–H groups in total. The zero-order valence-electron chi connectivity index (χ0n) is 15.6. The summed E-state index contributed by atoms with van der Waals surface area (Å²) in [4.78, 5) is 14.1. The number of H-pyrrole nitrogens is 1. The zero-order valence-corrected chi connectivity index (χ0v) is 16.4. The second-order valence-electron chi connectivity index (χ2n) is 6.97. The Kier molecular flexibility index (Phi) is 3.81. The molecule has 0 saturated heterocycles. The van der Waals surface area contributed by atoms with E-state index in [9.17, 15) is 0 Å². The van der Waals surface area contributed by atoms with Crippen molar-refractivity contribution in [3.05, 3.63) is 77.2 Å². The van der Waals surface area contributed by atoms with Crippen molar-refractivity contribution in [2.75, 3.05) is 11.4 Å². The van der Waals surface area contributed by atoms with Crippen LogP contribution in [0.1, 0.15) is 23.1 Å². The maximum atomic E-state index is 6.33. The fourth-order valence-corrected chi connectivity index (χ4v) is 4.05. The molecule has 1 aliphatic rings. The molecule has 0 radical (unpaired) electrons. The second kappa shape index (κ2) is 6.67. The van der Waals surface area contributed by atoms with Crippen LogP contribution in [0.25, 0.3) is 17.1 Å². The van der Waals surface area contributed by atoms with Crippen molar-refractivity contribution >= 4 is 23.1 Å². The molecule has 10 heteroatoms. The van der Waals surface area contributed by atoms with Crippen LogP contribution in [-0.2, 0) is 6.42 Å². The lowest BCUT2D eigenvalue weighted by molar-refractivity contribution is 0.502. The van der Waals surface area contributed by atoms with Crippen molar-refractivity contribution in [2.45, 2.75) is 12.5 Å². The average Bonchev–Trinajstić information content (AvgIpc) is 3.52. The maximum absolute atomic E-state index is 6.33. The minimum absolute atomic E-state index is 0.284. The molecule has 0 bridgehead atoms. The third kappa shape index (κ3) is 2.66. The lowest BCUT2D eigenvalue weighted by Crippen LogP contribution is -2.36. The van der Waals surface area contributed by atoms with Gasteiger partial charge in [-0.3, -0.25) is 4.98 Å². The summed E-state index contributed by atoms with van der Waals surface area (Å²) in [5, 5.41) is 13.8. The highest BCUT2D eigenvalue weighted by Crippen LogP contribution is 2.37. The first-order chi connectivity index (χ1) is 14.8. The molecule has 6 heterocycles. The number of anilines is 1. The number of aromatic amines is 1. The van der Waals surface area contributed by atoms with Crippen molar-refractivity contribution in [3.63, 3.8) is 0 Å². The number of fused-ring (bicyclic) bond motifs is 2. The van der Waals surface area contributed by atoms with Crippen molar-refractivity contribution in [2.24, 2.45) is 0 Å². The minimum atomic E-state index is -0.284. The van der Waals surface area contributed by atoms with Gasteiger partial charge < -0.3 is 14.3 Å². The van der Waals surface area contributed by atoms with Crippen molar-refractivity contribution < 1.29 is 4.42 Å². The van der Waals surface area contributed by atoms with Crippen LogP contribution in [0.4, 0.5) is 6.01 Å². The number of hydrogen-bond donors (Lipinski definition) is 1. The van der Waals surface area contributed by atoms with E-state index in [4.69, 9.17) is 21.1 Å². The largest absolute Gasteiger partial charge is 0.402 e. The summed E-state index contributed by atoms with van der Waals surface area (Å²) in [5.74, 6) is 0.371. The monoisotopic (exact) mass is 418 g/mol. The molecule has 0 spiro atoms. The van der Waals surface area contributed by atoms with Crippen LogP contribution in [0.2, 0.25) is 5.15 Å². The van der Waals surface area contributed by atoms with E-state index in [2.05, 4.69) is 25.1 Å². The Morgan fingerprint density at radius 2 is 2.07 bits per heavy atom. The summed E-state index contributed by atoms with van der Waals surface area (Å²) < 4.78 is 7.70. The summed E-state index contributed by atoms with van der Waals surface area (Å²) >= 11 is 6.33. The number of nitrogens with one attached hydrogen (secondary N) is 1. The quantitative estimate of drug-likeness (QED) is 0.448. The highest BCUT2D eigenvalue weighted by Gasteiger charge is 2.36. The van der Waals surface area contributed by atoms with Gasteiger partial charge in [0.05, 0.1) is 23.2 Å². The Morgan fingerprint density at radius 1 is 1.10 bits per heavy atom. The number of imidazole rings is 1. The molecule has 1 atom stereocenters. The van der Waals surface area contributed by atoms with Gasteiger partial charge in [-0.2, -0.15) is 5.10 Å². The topological polar surface area (TPSA) is 101 Å². The van der Waals surface area contributed by atoms with E-state index in [1.165, 1.54) is 0 Å². The van der Waals surface area contributed by atoms with Gasteiger partial charge in [0.1, 0.15) is 16.9 Å². The fraction of sp³-hybridized carbons (Fsp3) is 0.150. The lowest BCUT2D eigenvalue weighted by atomic mass is 10.0. The molecule has 30 heavy (non-hydrogen) atoms. The van der Waals surface area contributed by atoms with E-state index in [0.717, 1.165) is 29.0 Å². The van der Waals surface area contributed by atoms with Crippen molar-refractivity contribution in [3.8, 4) is 11.6 Å². The molecular formula is C20H15ClN8O. The zero-order chi connectivity index (χ0) is 20.1. The average molecular weight is 419 g/mol. The van der Waals surface area contributed by atoms with Crippen LogP contribution in [0.5, 0.6) is 0 Å². The van der Waals surface area contributed by atoms with Gasteiger partial charge in [0.25, 0.3) is 5.89 Å². The van der Waals surface area contributed by atoms with E-state index < -0.39 is 0 Å². The SMILES string of the molecule is Clc1cccc2cc(C3c4nc[nH]c4CCN3c3nnc(-c4ccccn4)o3)nn12. The van der Waals surface area contributed by atoms with Crippen molar-refractivity contribution in [1.82, 2.24) is 34.8 Å².